The number of aromatic nitrogens is 3. The molecule has 1 aromatic carbocycles. The number of benzene rings is 1. The van der Waals surface area contributed by atoms with E-state index < -0.39 is 0 Å². The second kappa shape index (κ2) is 4.24. The maximum atomic E-state index is 4.52. The van der Waals surface area contributed by atoms with Crippen LogP contribution in [0.25, 0.3) is 11.4 Å². The van der Waals surface area contributed by atoms with Crippen LogP contribution in [0.2, 0.25) is 0 Å². The summed E-state index contributed by atoms with van der Waals surface area (Å²) in [6, 6.07) is 8.21. The van der Waals surface area contributed by atoms with Crippen LogP contribution in [0.4, 0.5) is 0 Å². The molecule has 3 heteroatoms. The van der Waals surface area contributed by atoms with Gasteiger partial charge in [-0.2, -0.15) is 0 Å². The average molecular weight is 227 g/mol. The van der Waals surface area contributed by atoms with Gasteiger partial charge in [-0.1, -0.05) is 50.6 Å². The van der Waals surface area contributed by atoms with Gasteiger partial charge in [-0.3, -0.25) is 0 Å². The monoisotopic (exact) mass is 227 g/mol. The maximum Gasteiger partial charge on any atom is 0.163 e. The maximum absolute atomic E-state index is 4.52. The van der Waals surface area contributed by atoms with Gasteiger partial charge in [-0.25, -0.2) is 15.0 Å². The summed E-state index contributed by atoms with van der Waals surface area (Å²) in [6.45, 7) is 8.36. The van der Waals surface area contributed by atoms with E-state index in [0.717, 1.165) is 17.2 Å². The van der Waals surface area contributed by atoms with Crippen molar-refractivity contribution in [1.82, 2.24) is 15.0 Å². The quantitative estimate of drug-likeness (QED) is 0.751. The molecule has 0 radical (unpaired) electrons. The topological polar surface area (TPSA) is 38.7 Å². The van der Waals surface area contributed by atoms with E-state index in [1.54, 1.807) is 6.33 Å². The standard InChI is InChI=1S/C14H17N3/c1-10-5-7-11(8-6-10)12-15-9-16-13(17-12)14(2,3)4/h5-9H,1-4H3. The summed E-state index contributed by atoms with van der Waals surface area (Å²) in [4.78, 5) is 13.0. The smallest absolute Gasteiger partial charge is 0.163 e. The average Bonchev–Trinajstić information content (AvgIpc) is 2.29. The highest BCUT2D eigenvalue weighted by Gasteiger charge is 2.18. The normalized spacial score (nSPS) is 11.5. The summed E-state index contributed by atoms with van der Waals surface area (Å²) in [7, 11) is 0. The van der Waals surface area contributed by atoms with E-state index in [-0.39, 0.29) is 5.41 Å². The van der Waals surface area contributed by atoms with Crippen LogP contribution in [0.5, 0.6) is 0 Å². The fourth-order valence-electron chi connectivity index (χ4n) is 1.50. The van der Waals surface area contributed by atoms with Crippen LogP contribution >= 0.6 is 0 Å². The van der Waals surface area contributed by atoms with Crippen molar-refractivity contribution >= 4 is 0 Å². The fraction of sp³-hybridized carbons (Fsp3) is 0.357. The van der Waals surface area contributed by atoms with Crippen molar-refractivity contribution in [2.45, 2.75) is 33.1 Å². The molecule has 3 nitrogen and oxygen atoms in total. The molecule has 0 saturated carbocycles. The Morgan fingerprint density at radius 1 is 0.941 bits per heavy atom. The van der Waals surface area contributed by atoms with E-state index in [9.17, 15) is 0 Å². The Labute approximate surface area is 102 Å². The minimum atomic E-state index is -0.0532. The first kappa shape index (κ1) is 11.7. The molecule has 0 aliphatic heterocycles. The van der Waals surface area contributed by atoms with Crippen LogP contribution in [0.1, 0.15) is 32.2 Å². The highest BCUT2D eigenvalue weighted by molar-refractivity contribution is 5.54. The van der Waals surface area contributed by atoms with Crippen LogP contribution in [0.15, 0.2) is 30.6 Å². The van der Waals surface area contributed by atoms with Gasteiger partial charge >= 0.3 is 0 Å². The molecule has 0 spiro atoms. The third-order valence-corrected chi connectivity index (χ3v) is 2.55. The van der Waals surface area contributed by atoms with Crippen LogP contribution in [0, 0.1) is 6.92 Å². The molecule has 17 heavy (non-hydrogen) atoms. The van der Waals surface area contributed by atoms with E-state index in [1.165, 1.54) is 5.56 Å². The van der Waals surface area contributed by atoms with Gasteiger partial charge in [0, 0.05) is 11.0 Å². The lowest BCUT2D eigenvalue weighted by Crippen LogP contribution is -2.16. The summed E-state index contributed by atoms with van der Waals surface area (Å²) in [5, 5.41) is 0. The van der Waals surface area contributed by atoms with Gasteiger partial charge < -0.3 is 0 Å². The summed E-state index contributed by atoms with van der Waals surface area (Å²) >= 11 is 0. The Balaban J connectivity index is 2.43. The van der Waals surface area contributed by atoms with Crippen molar-refractivity contribution in [2.75, 3.05) is 0 Å². The van der Waals surface area contributed by atoms with Crippen molar-refractivity contribution in [3.05, 3.63) is 42.0 Å². The molecule has 1 aromatic heterocycles. The molecule has 1 heterocycles. The van der Waals surface area contributed by atoms with Gasteiger partial charge in [0.25, 0.3) is 0 Å². The Hall–Kier alpha value is -1.77. The van der Waals surface area contributed by atoms with Crippen LogP contribution in [0.3, 0.4) is 0 Å². The highest BCUT2D eigenvalue weighted by Crippen LogP contribution is 2.20. The van der Waals surface area contributed by atoms with Crippen LogP contribution in [-0.2, 0) is 5.41 Å². The predicted octanol–water partition coefficient (Wildman–Crippen LogP) is 3.14. The Morgan fingerprint density at radius 2 is 1.59 bits per heavy atom. The molecule has 88 valence electrons. The molecular weight excluding hydrogens is 210 g/mol. The number of aryl methyl sites for hydroxylation is 1. The molecule has 0 fully saturated rings. The van der Waals surface area contributed by atoms with Crippen LogP contribution < -0.4 is 0 Å². The lowest BCUT2D eigenvalue weighted by molar-refractivity contribution is 0.542. The number of rotatable bonds is 1. The molecule has 0 saturated heterocycles. The van der Waals surface area contributed by atoms with Gasteiger partial charge in [0.1, 0.15) is 12.2 Å². The molecular formula is C14H17N3. The largest absolute Gasteiger partial charge is 0.221 e. The van der Waals surface area contributed by atoms with Crippen molar-refractivity contribution in [3.63, 3.8) is 0 Å². The zero-order chi connectivity index (χ0) is 12.5. The molecule has 0 aliphatic rings. The molecule has 0 bridgehead atoms. The van der Waals surface area contributed by atoms with Gasteiger partial charge in [0.05, 0.1) is 0 Å². The first-order chi connectivity index (χ1) is 7.97. The predicted molar refractivity (Wildman–Crippen MR) is 68.7 cm³/mol. The highest BCUT2D eigenvalue weighted by atomic mass is 15.0. The Bertz CT molecular complexity index is 510. The minimum absolute atomic E-state index is 0.0532. The van der Waals surface area contributed by atoms with Gasteiger partial charge in [0.2, 0.25) is 0 Å². The number of nitrogens with zero attached hydrogens (tertiary/aromatic N) is 3. The Morgan fingerprint density at radius 3 is 2.18 bits per heavy atom. The van der Waals surface area contributed by atoms with Gasteiger partial charge in [0.15, 0.2) is 5.82 Å². The summed E-state index contributed by atoms with van der Waals surface area (Å²) in [5.41, 5.74) is 2.21. The summed E-state index contributed by atoms with van der Waals surface area (Å²) < 4.78 is 0. The second-order valence-electron chi connectivity index (χ2n) is 5.25. The van der Waals surface area contributed by atoms with Crippen molar-refractivity contribution in [1.29, 1.82) is 0 Å². The molecule has 2 aromatic rings. The molecule has 0 amide bonds. The molecule has 0 unspecified atom stereocenters. The zero-order valence-corrected chi connectivity index (χ0v) is 10.7. The van der Waals surface area contributed by atoms with Gasteiger partial charge in [-0.15, -0.1) is 0 Å². The summed E-state index contributed by atoms with van der Waals surface area (Å²) in [6.07, 6.45) is 1.59. The first-order valence-electron chi connectivity index (χ1n) is 5.73. The molecule has 0 N–H and O–H groups in total. The number of hydrogen-bond donors (Lipinski definition) is 0. The first-order valence-corrected chi connectivity index (χ1v) is 5.73. The third kappa shape index (κ3) is 2.67. The SMILES string of the molecule is Cc1ccc(-c2ncnc(C(C)(C)C)n2)cc1. The number of hydrogen-bond acceptors (Lipinski definition) is 3. The van der Waals surface area contributed by atoms with E-state index in [0.29, 0.717) is 0 Å². The fourth-order valence-corrected chi connectivity index (χ4v) is 1.50. The van der Waals surface area contributed by atoms with Gasteiger partial charge in [-0.05, 0) is 6.92 Å². The minimum Gasteiger partial charge on any atom is -0.221 e. The van der Waals surface area contributed by atoms with Crippen molar-refractivity contribution in [3.8, 4) is 11.4 Å². The van der Waals surface area contributed by atoms with E-state index >= 15 is 0 Å². The third-order valence-electron chi connectivity index (χ3n) is 2.55. The van der Waals surface area contributed by atoms with Crippen molar-refractivity contribution in [2.24, 2.45) is 0 Å². The van der Waals surface area contributed by atoms with E-state index in [4.69, 9.17) is 0 Å². The van der Waals surface area contributed by atoms with Crippen LogP contribution in [-0.4, -0.2) is 15.0 Å². The second-order valence-corrected chi connectivity index (χ2v) is 5.25. The van der Waals surface area contributed by atoms with Crippen molar-refractivity contribution < 1.29 is 0 Å². The lowest BCUT2D eigenvalue weighted by Gasteiger charge is -2.16. The zero-order valence-electron chi connectivity index (χ0n) is 10.7. The van der Waals surface area contributed by atoms with E-state index in [1.807, 2.05) is 12.1 Å². The lowest BCUT2D eigenvalue weighted by atomic mass is 9.96. The molecule has 0 aliphatic carbocycles. The van der Waals surface area contributed by atoms with E-state index in [2.05, 4.69) is 54.8 Å². The summed E-state index contributed by atoms with van der Waals surface area (Å²) in [5.74, 6) is 1.56. The molecule has 2 rings (SSSR count). The molecule has 0 atom stereocenters. The Kier molecular flexibility index (Phi) is 2.92.